The summed E-state index contributed by atoms with van der Waals surface area (Å²) in [7, 11) is 0. The quantitative estimate of drug-likeness (QED) is 0.889. The van der Waals surface area contributed by atoms with Crippen LogP contribution in [0.1, 0.15) is 27.7 Å². The van der Waals surface area contributed by atoms with Crippen LogP contribution in [0, 0.1) is 0 Å². The molecule has 1 saturated heterocycles. The summed E-state index contributed by atoms with van der Waals surface area (Å²) >= 11 is 0. The van der Waals surface area contributed by atoms with Gasteiger partial charge >= 0.3 is 0 Å². The highest BCUT2D eigenvalue weighted by atomic mass is 16.5. The molecule has 0 atom stereocenters. The molecule has 1 aliphatic heterocycles. The van der Waals surface area contributed by atoms with Crippen molar-refractivity contribution in [3.63, 3.8) is 0 Å². The van der Waals surface area contributed by atoms with Crippen molar-refractivity contribution in [3.8, 4) is 5.75 Å². The number of hydrogen-bond donors (Lipinski definition) is 1. The Bertz CT molecular complexity index is 404. The number of aromatic nitrogens is 1. The van der Waals surface area contributed by atoms with Crippen molar-refractivity contribution in [1.29, 1.82) is 0 Å². The van der Waals surface area contributed by atoms with Crippen LogP contribution in [0.2, 0.25) is 0 Å². The van der Waals surface area contributed by atoms with E-state index in [0.29, 0.717) is 0 Å². The first-order chi connectivity index (χ1) is 8.50. The minimum atomic E-state index is 0.0572. The van der Waals surface area contributed by atoms with Gasteiger partial charge in [0.25, 0.3) is 0 Å². The number of nitrogens with one attached hydrogen (secondary N) is 1. The van der Waals surface area contributed by atoms with Gasteiger partial charge in [-0.05, 0) is 39.8 Å². The molecule has 0 amide bonds. The highest BCUT2D eigenvalue weighted by Crippen LogP contribution is 2.31. The monoisotopic (exact) mass is 249 g/mol. The summed E-state index contributed by atoms with van der Waals surface area (Å²) in [5, 5.41) is 3.42. The lowest BCUT2D eigenvalue weighted by Gasteiger charge is -2.44. The second-order valence-corrected chi connectivity index (χ2v) is 5.63. The Morgan fingerprint density at radius 2 is 2.22 bits per heavy atom. The molecule has 100 valence electrons. The Hall–Kier alpha value is -1.29. The van der Waals surface area contributed by atoms with Crippen molar-refractivity contribution in [3.05, 3.63) is 18.3 Å². The van der Waals surface area contributed by atoms with E-state index >= 15 is 0 Å². The van der Waals surface area contributed by atoms with E-state index in [1.54, 1.807) is 0 Å². The number of piperazine rings is 1. The molecule has 2 rings (SSSR count). The molecule has 0 spiro atoms. The normalized spacial score (nSPS) is 19.1. The molecule has 18 heavy (non-hydrogen) atoms. The van der Waals surface area contributed by atoms with Gasteiger partial charge in [-0.25, -0.2) is 4.98 Å². The van der Waals surface area contributed by atoms with Gasteiger partial charge < -0.3 is 15.0 Å². The van der Waals surface area contributed by atoms with Gasteiger partial charge in [0.05, 0.1) is 6.10 Å². The fourth-order valence-electron chi connectivity index (χ4n) is 2.31. The number of rotatable bonds is 3. The number of ether oxygens (including phenoxy) is 1. The van der Waals surface area contributed by atoms with Crippen LogP contribution in [0.4, 0.5) is 5.82 Å². The molecule has 4 heteroatoms. The van der Waals surface area contributed by atoms with Gasteiger partial charge in [0, 0.05) is 31.4 Å². The topological polar surface area (TPSA) is 37.4 Å². The number of hydrogen-bond acceptors (Lipinski definition) is 4. The van der Waals surface area contributed by atoms with E-state index in [1.807, 2.05) is 32.2 Å². The van der Waals surface area contributed by atoms with E-state index in [-0.39, 0.29) is 11.6 Å². The molecular weight excluding hydrogens is 226 g/mol. The maximum Gasteiger partial charge on any atom is 0.171 e. The van der Waals surface area contributed by atoms with E-state index in [9.17, 15) is 0 Å². The minimum Gasteiger partial charge on any atom is -0.487 e. The molecule has 2 heterocycles. The van der Waals surface area contributed by atoms with Crippen LogP contribution in [-0.4, -0.2) is 36.3 Å². The Morgan fingerprint density at radius 3 is 2.89 bits per heavy atom. The maximum atomic E-state index is 5.87. The zero-order valence-corrected chi connectivity index (χ0v) is 11.7. The molecule has 0 radical (unpaired) electrons. The van der Waals surface area contributed by atoms with E-state index in [2.05, 4.69) is 29.0 Å². The van der Waals surface area contributed by atoms with Crippen LogP contribution in [0.3, 0.4) is 0 Å². The number of anilines is 1. The fourth-order valence-corrected chi connectivity index (χ4v) is 2.31. The van der Waals surface area contributed by atoms with Crippen molar-refractivity contribution in [1.82, 2.24) is 10.3 Å². The minimum absolute atomic E-state index is 0.0572. The Kier molecular flexibility index (Phi) is 3.76. The van der Waals surface area contributed by atoms with Crippen molar-refractivity contribution in [2.24, 2.45) is 0 Å². The molecule has 0 bridgehead atoms. The lowest BCUT2D eigenvalue weighted by atomic mass is 10.00. The summed E-state index contributed by atoms with van der Waals surface area (Å²) < 4.78 is 5.87. The van der Waals surface area contributed by atoms with Crippen molar-refractivity contribution in [2.75, 3.05) is 24.5 Å². The lowest BCUT2D eigenvalue weighted by Crippen LogP contribution is -2.58. The van der Waals surface area contributed by atoms with E-state index < -0.39 is 0 Å². The third-order valence-corrected chi connectivity index (χ3v) is 3.17. The first kappa shape index (κ1) is 13.1. The van der Waals surface area contributed by atoms with Gasteiger partial charge in [-0.2, -0.15) is 0 Å². The molecule has 0 aliphatic carbocycles. The van der Waals surface area contributed by atoms with Crippen LogP contribution in [0.25, 0.3) is 0 Å². The summed E-state index contributed by atoms with van der Waals surface area (Å²) in [5.74, 6) is 1.83. The summed E-state index contributed by atoms with van der Waals surface area (Å²) in [5.41, 5.74) is 0.0572. The summed E-state index contributed by atoms with van der Waals surface area (Å²) in [6.45, 7) is 11.4. The second-order valence-electron chi connectivity index (χ2n) is 5.63. The van der Waals surface area contributed by atoms with Crippen molar-refractivity contribution in [2.45, 2.75) is 39.3 Å². The van der Waals surface area contributed by atoms with Crippen molar-refractivity contribution >= 4 is 5.82 Å². The van der Waals surface area contributed by atoms with Gasteiger partial charge in [0.2, 0.25) is 0 Å². The lowest BCUT2D eigenvalue weighted by molar-refractivity contribution is 0.239. The molecule has 1 fully saturated rings. The van der Waals surface area contributed by atoms with Gasteiger partial charge in [-0.15, -0.1) is 0 Å². The summed E-state index contributed by atoms with van der Waals surface area (Å²) in [4.78, 5) is 6.86. The Labute approximate surface area is 109 Å². The van der Waals surface area contributed by atoms with Gasteiger partial charge in [0.1, 0.15) is 0 Å². The van der Waals surface area contributed by atoms with Crippen LogP contribution in [0.5, 0.6) is 5.75 Å². The molecule has 0 aromatic carbocycles. The van der Waals surface area contributed by atoms with Gasteiger partial charge in [-0.3, -0.25) is 0 Å². The smallest absolute Gasteiger partial charge is 0.171 e. The molecule has 1 aromatic rings. The highest BCUT2D eigenvalue weighted by molar-refractivity contribution is 5.54. The fraction of sp³-hybridized carbons (Fsp3) is 0.643. The Morgan fingerprint density at radius 1 is 1.44 bits per heavy atom. The molecule has 0 saturated carbocycles. The SMILES string of the molecule is CC(C)Oc1cccnc1N1CCNCC1(C)C. The van der Waals surface area contributed by atoms with Crippen LogP contribution >= 0.6 is 0 Å². The number of pyridine rings is 1. The third-order valence-electron chi connectivity index (χ3n) is 3.17. The second kappa shape index (κ2) is 5.14. The molecule has 4 nitrogen and oxygen atoms in total. The zero-order chi connectivity index (χ0) is 13.2. The van der Waals surface area contributed by atoms with Crippen LogP contribution in [-0.2, 0) is 0 Å². The molecule has 1 aromatic heterocycles. The van der Waals surface area contributed by atoms with Crippen molar-refractivity contribution < 1.29 is 4.74 Å². The molecule has 0 unspecified atom stereocenters. The number of nitrogens with zero attached hydrogens (tertiary/aromatic N) is 2. The first-order valence-corrected chi connectivity index (χ1v) is 6.61. The van der Waals surface area contributed by atoms with Gasteiger partial charge in [0.15, 0.2) is 11.6 Å². The third kappa shape index (κ3) is 2.75. The Balaban J connectivity index is 2.31. The molecule has 1 N–H and O–H groups in total. The van der Waals surface area contributed by atoms with E-state index in [1.165, 1.54) is 0 Å². The predicted octanol–water partition coefficient (Wildman–Crippen LogP) is 2.06. The standard InChI is InChI=1S/C14H23N3O/c1-11(2)18-12-6-5-7-16-13(12)17-9-8-15-10-14(17,3)4/h5-7,11,15H,8-10H2,1-4H3. The zero-order valence-electron chi connectivity index (χ0n) is 11.7. The van der Waals surface area contributed by atoms with E-state index in [4.69, 9.17) is 4.74 Å². The highest BCUT2D eigenvalue weighted by Gasteiger charge is 2.32. The molecular formula is C14H23N3O. The van der Waals surface area contributed by atoms with E-state index in [0.717, 1.165) is 31.2 Å². The average molecular weight is 249 g/mol. The predicted molar refractivity (Wildman–Crippen MR) is 74.3 cm³/mol. The summed E-state index contributed by atoms with van der Waals surface area (Å²) in [6.07, 6.45) is 2.00. The largest absolute Gasteiger partial charge is 0.487 e. The maximum absolute atomic E-state index is 5.87. The average Bonchev–Trinajstić information content (AvgIpc) is 2.29. The van der Waals surface area contributed by atoms with Crippen LogP contribution < -0.4 is 15.0 Å². The molecule has 1 aliphatic rings. The first-order valence-electron chi connectivity index (χ1n) is 6.61. The van der Waals surface area contributed by atoms with Crippen LogP contribution in [0.15, 0.2) is 18.3 Å². The van der Waals surface area contributed by atoms with Gasteiger partial charge in [-0.1, -0.05) is 0 Å². The summed E-state index contributed by atoms with van der Waals surface area (Å²) in [6, 6.07) is 3.93.